The van der Waals surface area contributed by atoms with Gasteiger partial charge in [0.2, 0.25) is 5.91 Å². The zero-order valence-corrected chi connectivity index (χ0v) is 37.8. The maximum atomic E-state index is 13.6. The van der Waals surface area contributed by atoms with Crippen LogP contribution < -0.4 is 5.32 Å². The Bertz CT molecular complexity index is 1490. The summed E-state index contributed by atoms with van der Waals surface area (Å²) in [6.07, 6.45) is -2.83. The zero-order valence-electron chi connectivity index (χ0n) is 37.8. The van der Waals surface area contributed by atoms with Crippen molar-refractivity contribution in [2.75, 3.05) is 32.6 Å². The molecule has 14 atom stereocenters. The van der Waals surface area contributed by atoms with Crippen LogP contribution in [0.15, 0.2) is 24.3 Å². The minimum Gasteiger partial charge on any atom is -0.459 e. The third kappa shape index (κ3) is 14.2. The van der Waals surface area contributed by atoms with Gasteiger partial charge in [0.05, 0.1) is 29.8 Å². The van der Waals surface area contributed by atoms with Crippen molar-refractivity contribution >= 4 is 23.3 Å². The lowest BCUT2D eigenvalue weighted by Crippen LogP contribution is -2.59. The number of ketones is 1. The first-order valence-corrected chi connectivity index (χ1v) is 22.0. The molecular weight excluding hydrogens is 775 g/mol. The van der Waals surface area contributed by atoms with Crippen LogP contribution in [0.4, 0.5) is 5.69 Å². The van der Waals surface area contributed by atoms with Gasteiger partial charge in [-0.2, -0.15) is 0 Å². The molecule has 0 aliphatic carbocycles. The number of hydrogen-bond donors (Lipinski definition) is 7. The maximum Gasteiger partial charge on any atom is 0.311 e. The summed E-state index contributed by atoms with van der Waals surface area (Å²) in [4.78, 5) is 41.2. The fourth-order valence-electron chi connectivity index (χ4n) is 9.02. The van der Waals surface area contributed by atoms with Gasteiger partial charge in [0.25, 0.3) is 0 Å². The Morgan fingerprint density at radius 3 is 2.18 bits per heavy atom. The molecule has 1 aromatic rings. The molecule has 3 rings (SSSR count). The third-order valence-corrected chi connectivity index (χ3v) is 12.8. The highest BCUT2D eigenvalue weighted by atomic mass is 16.7. The zero-order chi connectivity index (χ0) is 45.1. The quantitative estimate of drug-likeness (QED) is 0.0995. The van der Waals surface area contributed by atoms with Crippen molar-refractivity contribution in [1.82, 2.24) is 9.80 Å². The smallest absolute Gasteiger partial charge is 0.311 e. The van der Waals surface area contributed by atoms with Crippen molar-refractivity contribution in [2.24, 2.45) is 17.8 Å². The van der Waals surface area contributed by atoms with Gasteiger partial charge in [-0.15, -0.1) is 0 Å². The maximum absolute atomic E-state index is 13.6. The Kier molecular flexibility index (Phi) is 20.0. The fraction of sp³-hybridized carbons (Fsp3) is 0.800. The molecule has 1 amide bonds. The van der Waals surface area contributed by atoms with Crippen LogP contribution in [0.5, 0.6) is 0 Å². The van der Waals surface area contributed by atoms with E-state index in [4.69, 9.17) is 19.3 Å². The van der Waals surface area contributed by atoms with Crippen LogP contribution in [0.2, 0.25) is 0 Å². The minimum absolute atomic E-state index is 0.0922. The molecule has 0 radical (unpaired) electrons. The summed E-state index contributed by atoms with van der Waals surface area (Å²) < 4.78 is 18.6. The number of aliphatic hydroxyl groups excluding tert-OH is 4. The van der Waals surface area contributed by atoms with Crippen LogP contribution in [-0.4, -0.2) is 152 Å². The Labute approximate surface area is 357 Å². The van der Waals surface area contributed by atoms with Gasteiger partial charge in [-0.1, -0.05) is 45.7 Å². The topological polar surface area (TPSA) is 219 Å². The number of Topliss-reactive ketones (excluding diaryl/α,β-unsaturated/α-hetero) is 1. The summed E-state index contributed by atoms with van der Waals surface area (Å²) in [5.41, 5.74) is -1.76. The SMILES string of the molecule is CC[C@H]1OC(=O)[C@H](C)[C@@H](O)[C@H](C)[C@@H](O[C@@H]2O[C@H](C)C[C@H](N(C)Cc3ccc(NC(=O)CCCCCCC(=O)CO)cc3)[C@@H]2O)[C@](C)(O)C[C@@H](C)CN(C)[C@H](C)[C@@H](O)[C@]1(C)O. The van der Waals surface area contributed by atoms with Gasteiger partial charge in [-0.25, -0.2) is 0 Å². The summed E-state index contributed by atoms with van der Waals surface area (Å²) in [6.45, 7) is 14.1. The van der Waals surface area contributed by atoms with Gasteiger partial charge in [0, 0.05) is 49.6 Å². The Morgan fingerprint density at radius 1 is 0.967 bits per heavy atom. The van der Waals surface area contributed by atoms with E-state index in [1.165, 1.54) is 13.8 Å². The first-order chi connectivity index (χ1) is 28.0. The highest BCUT2D eigenvalue weighted by molar-refractivity contribution is 5.90. The summed E-state index contributed by atoms with van der Waals surface area (Å²) in [5.74, 6) is -3.15. The molecule has 2 saturated heterocycles. The average molecular weight is 852 g/mol. The second kappa shape index (κ2) is 23.2. The molecule has 0 aromatic heterocycles. The largest absolute Gasteiger partial charge is 0.459 e. The number of nitrogens with zero attached hydrogens (tertiary/aromatic N) is 2. The van der Waals surface area contributed by atoms with Crippen LogP contribution in [0.1, 0.15) is 119 Å². The van der Waals surface area contributed by atoms with E-state index in [9.17, 15) is 39.9 Å². The number of carbonyl (C=O) groups is 3. The van der Waals surface area contributed by atoms with E-state index in [1.807, 2.05) is 62.0 Å². The molecule has 344 valence electrons. The summed E-state index contributed by atoms with van der Waals surface area (Å²) in [7, 11) is 3.72. The van der Waals surface area contributed by atoms with Crippen molar-refractivity contribution in [3.63, 3.8) is 0 Å². The van der Waals surface area contributed by atoms with Gasteiger partial charge in [0.1, 0.15) is 30.5 Å². The molecule has 15 nitrogen and oxygen atoms in total. The highest BCUT2D eigenvalue weighted by Gasteiger charge is 2.50. The monoisotopic (exact) mass is 852 g/mol. The lowest BCUT2D eigenvalue weighted by Gasteiger charge is -2.47. The van der Waals surface area contributed by atoms with E-state index in [0.29, 0.717) is 50.9 Å². The van der Waals surface area contributed by atoms with Crippen LogP contribution in [0.25, 0.3) is 0 Å². The number of likely N-dealkylation sites (N-methyl/N-ethyl adjacent to an activating group) is 2. The number of amides is 1. The average Bonchev–Trinajstić information content (AvgIpc) is 3.19. The standard InChI is InChI=1S/C45H77N3O12/c1-11-36-45(8,57)40(54)31(6)47(9)24-27(2)23-44(7,56)41(29(4)38(52)30(5)42(55)59-36)60-43-39(53)35(22-28(3)58-43)48(10)25-32-18-20-33(21-19-32)46-37(51)17-15-13-12-14-16-34(50)26-49/h18-21,27-31,35-36,38-41,43,49,52-54,56-57H,11-17,22-26H2,1-10H3,(H,46,51)/t27-,28-,29+,30-,31-,35+,36-,38+,39+,40-,41-,43+,44-,45-/m1/s1. The molecule has 60 heavy (non-hydrogen) atoms. The molecule has 2 aliphatic rings. The van der Waals surface area contributed by atoms with Crippen LogP contribution >= 0.6 is 0 Å². The molecule has 0 unspecified atom stereocenters. The first-order valence-electron chi connectivity index (χ1n) is 22.0. The second-order valence-corrected chi connectivity index (χ2v) is 18.4. The number of nitrogens with one attached hydrogen (secondary N) is 1. The number of carbonyl (C=O) groups excluding carboxylic acids is 3. The molecule has 0 spiro atoms. The Balaban J connectivity index is 1.75. The number of esters is 1. The van der Waals surface area contributed by atoms with E-state index in [2.05, 4.69) is 5.32 Å². The number of anilines is 1. The van der Waals surface area contributed by atoms with Gasteiger partial charge >= 0.3 is 5.97 Å². The number of benzene rings is 1. The summed E-state index contributed by atoms with van der Waals surface area (Å²) >= 11 is 0. The number of hydrogen-bond acceptors (Lipinski definition) is 14. The van der Waals surface area contributed by atoms with Gasteiger partial charge in [0.15, 0.2) is 12.1 Å². The minimum atomic E-state index is -1.79. The number of aliphatic hydroxyl groups is 6. The number of ether oxygens (including phenoxy) is 3. The summed E-state index contributed by atoms with van der Waals surface area (Å²) in [5, 5.41) is 70.4. The predicted molar refractivity (Wildman–Crippen MR) is 228 cm³/mol. The van der Waals surface area contributed by atoms with Crippen molar-refractivity contribution in [3.8, 4) is 0 Å². The van der Waals surface area contributed by atoms with E-state index in [1.54, 1.807) is 27.7 Å². The second-order valence-electron chi connectivity index (χ2n) is 18.4. The summed E-state index contributed by atoms with van der Waals surface area (Å²) in [6, 6.07) is 6.55. The molecule has 2 aliphatic heterocycles. The Hall–Kier alpha value is -2.57. The van der Waals surface area contributed by atoms with Crippen molar-refractivity contribution in [2.45, 2.75) is 186 Å². The van der Waals surface area contributed by atoms with Crippen molar-refractivity contribution < 1.29 is 59.2 Å². The van der Waals surface area contributed by atoms with E-state index < -0.39 is 84.5 Å². The van der Waals surface area contributed by atoms with E-state index in [-0.39, 0.29) is 36.6 Å². The van der Waals surface area contributed by atoms with Crippen LogP contribution in [0, 0.1) is 17.8 Å². The number of unbranched alkanes of at least 4 members (excludes halogenated alkanes) is 3. The molecule has 15 heteroatoms. The van der Waals surface area contributed by atoms with Crippen LogP contribution in [0.3, 0.4) is 0 Å². The van der Waals surface area contributed by atoms with Crippen molar-refractivity contribution in [3.05, 3.63) is 29.8 Å². The van der Waals surface area contributed by atoms with Crippen LogP contribution in [-0.2, 0) is 35.1 Å². The van der Waals surface area contributed by atoms with E-state index >= 15 is 0 Å². The predicted octanol–water partition coefficient (Wildman–Crippen LogP) is 3.39. The van der Waals surface area contributed by atoms with E-state index in [0.717, 1.165) is 18.4 Å². The molecule has 0 saturated carbocycles. The lowest BCUT2D eigenvalue weighted by molar-refractivity contribution is -0.300. The van der Waals surface area contributed by atoms with Gasteiger partial charge < -0.3 is 55.1 Å². The molecule has 2 heterocycles. The fourth-order valence-corrected chi connectivity index (χ4v) is 9.02. The number of rotatable bonds is 15. The molecule has 1 aromatic carbocycles. The normalized spacial score (nSPS) is 36.6. The van der Waals surface area contributed by atoms with Gasteiger partial charge in [-0.3, -0.25) is 19.3 Å². The number of cyclic esters (lactones) is 1. The van der Waals surface area contributed by atoms with Gasteiger partial charge in [-0.05, 0) is 104 Å². The molecule has 7 N–H and O–H groups in total. The molecule has 0 bridgehead atoms. The highest BCUT2D eigenvalue weighted by Crippen LogP contribution is 2.37. The molecule has 2 fully saturated rings. The molecular formula is C45H77N3O12. The first kappa shape index (κ1) is 51.8. The Morgan fingerprint density at radius 2 is 1.58 bits per heavy atom. The lowest BCUT2D eigenvalue weighted by atomic mass is 9.78. The van der Waals surface area contributed by atoms with Crippen molar-refractivity contribution in [1.29, 1.82) is 0 Å². The third-order valence-electron chi connectivity index (χ3n) is 12.8.